The Labute approximate surface area is 142 Å². The monoisotopic (exact) mass is 327 g/mol. The van der Waals surface area contributed by atoms with Crippen molar-refractivity contribution in [2.75, 3.05) is 17.6 Å². The van der Waals surface area contributed by atoms with E-state index in [1.54, 1.807) is 12.2 Å². The summed E-state index contributed by atoms with van der Waals surface area (Å²) in [5.74, 6) is 0.639. The molecular weight excluding hydrogens is 302 g/mol. The molecule has 8 N–H and O–H groups in total. The smallest absolute Gasteiger partial charge is 0.0959 e. The number of hydroxylamine groups is 1. The fourth-order valence-electron chi connectivity index (χ4n) is 1.82. The lowest BCUT2D eigenvalue weighted by atomic mass is 10.1. The van der Waals surface area contributed by atoms with Gasteiger partial charge in [0.15, 0.2) is 0 Å². The van der Waals surface area contributed by atoms with E-state index in [1.807, 2.05) is 48.8 Å². The molecule has 0 aliphatic carbocycles. The maximum absolute atomic E-state index is 8.70. The third-order valence-corrected chi connectivity index (χ3v) is 3.07. The fraction of sp³-hybridized carbons (Fsp3) is 0.111. The van der Waals surface area contributed by atoms with E-state index in [4.69, 9.17) is 16.7 Å². The van der Waals surface area contributed by atoms with Crippen molar-refractivity contribution in [2.45, 2.75) is 6.92 Å². The van der Waals surface area contributed by atoms with Crippen LogP contribution in [0.1, 0.15) is 6.92 Å². The van der Waals surface area contributed by atoms with Crippen LogP contribution in [0.4, 0.5) is 11.4 Å². The van der Waals surface area contributed by atoms with E-state index < -0.39 is 0 Å². The molecule has 1 aromatic rings. The van der Waals surface area contributed by atoms with E-state index in [0.29, 0.717) is 29.4 Å². The van der Waals surface area contributed by atoms with Crippen molar-refractivity contribution >= 4 is 11.4 Å². The second-order valence-corrected chi connectivity index (χ2v) is 4.98. The summed E-state index contributed by atoms with van der Waals surface area (Å²) in [6.45, 7) is 9.88. The van der Waals surface area contributed by atoms with E-state index in [9.17, 15) is 0 Å². The minimum Gasteiger partial charge on any atom is -0.399 e. The van der Waals surface area contributed by atoms with Gasteiger partial charge in [-0.3, -0.25) is 10.7 Å². The molecule has 6 nitrogen and oxygen atoms in total. The zero-order chi connectivity index (χ0) is 17.9. The number of allylic oxidation sites excluding steroid dienone is 3. The average Bonchev–Trinajstić information content (AvgIpc) is 2.55. The van der Waals surface area contributed by atoms with Gasteiger partial charge in [-0.15, -0.1) is 0 Å². The van der Waals surface area contributed by atoms with E-state index in [1.165, 1.54) is 0 Å². The highest BCUT2D eigenvalue weighted by Crippen LogP contribution is 2.12. The van der Waals surface area contributed by atoms with Crippen LogP contribution in [0.2, 0.25) is 0 Å². The largest absolute Gasteiger partial charge is 0.399 e. The van der Waals surface area contributed by atoms with Gasteiger partial charge in [0, 0.05) is 23.6 Å². The normalized spacial score (nSPS) is 12.1. The predicted molar refractivity (Wildman–Crippen MR) is 101 cm³/mol. The van der Waals surface area contributed by atoms with E-state index in [-0.39, 0.29) is 0 Å². The number of hydrogen-bond acceptors (Lipinski definition) is 6. The molecule has 0 saturated carbocycles. The van der Waals surface area contributed by atoms with Gasteiger partial charge in [-0.05, 0) is 42.8 Å². The highest BCUT2D eigenvalue weighted by molar-refractivity contribution is 5.56. The molecule has 6 heteroatoms. The van der Waals surface area contributed by atoms with Gasteiger partial charge in [0.25, 0.3) is 0 Å². The molecule has 1 rings (SSSR count). The summed E-state index contributed by atoms with van der Waals surface area (Å²) in [7, 11) is 0. The number of anilines is 2. The fourth-order valence-corrected chi connectivity index (χ4v) is 1.82. The van der Waals surface area contributed by atoms with Crippen LogP contribution >= 0.6 is 0 Å². The molecule has 1 aromatic carbocycles. The maximum Gasteiger partial charge on any atom is 0.0959 e. The molecule has 128 valence electrons. The zero-order valence-electron chi connectivity index (χ0n) is 13.8. The van der Waals surface area contributed by atoms with Gasteiger partial charge in [0.05, 0.1) is 11.5 Å². The first-order valence-corrected chi connectivity index (χ1v) is 7.41. The van der Waals surface area contributed by atoms with Gasteiger partial charge >= 0.3 is 0 Å². The van der Waals surface area contributed by atoms with Crippen molar-refractivity contribution in [2.24, 2.45) is 5.73 Å². The van der Waals surface area contributed by atoms with E-state index >= 15 is 0 Å². The van der Waals surface area contributed by atoms with Crippen LogP contribution in [0.5, 0.6) is 0 Å². The van der Waals surface area contributed by atoms with Gasteiger partial charge in [0.1, 0.15) is 0 Å². The molecule has 0 aliphatic heterocycles. The summed E-state index contributed by atoms with van der Waals surface area (Å²) in [4.78, 5) is 0. The topological polar surface area (TPSA) is 108 Å². The molecule has 0 unspecified atom stereocenters. The molecular formula is C18H25N5O. The summed E-state index contributed by atoms with van der Waals surface area (Å²) in [5, 5.41) is 14.9. The Balaban J connectivity index is 2.54. The van der Waals surface area contributed by atoms with Gasteiger partial charge in [-0.2, -0.15) is 0 Å². The van der Waals surface area contributed by atoms with Crippen molar-refractivity contribution in [1.29, 1.82) is 0 Å². The third kappa shape index (κ3) is 6.76. The van der Waals surface area contributed by atoms with Gasteiger partial charge in [0.2, 0.25) is 0 Å². The average molecular weight is 327 g/mol. The first-order valence-electron chi connectivity index (χ1n) is 7.41. The second kappa shape index (κ2) is 9.81. The highest BCUT2D eigenvalue weighted by atomic mass is 16.5. The van der Waals surface area contributed by atoms with Gasteiger partial charge < -0.3 is 22.1 Å². The first kappa shape index (κ1) is 18.9. The lowest BCUT2D eigenvalue weighted by Crippen LogP contribution is -2.19. The summed E-state index contributed by atoms with van der Waals surface area (Å²) in [5.41, 5.74) is 17.1. The van der Waals surface area contributed by atoms with Gasteiger partial charge in [-0.1, -0.05) is 31.4 Å². The van der Waals surface area contributed by atoms with Crippen LogP contribution in [0.3, 0.4) is 0 Å². The zero-order valence-corrected chi connectivity index (χ0v) is 13.8. The van der Waals surface area contributed by atoms with Crippen LogP contribution < -0.4 is 27.6 Å². The number of rotatable bonds is 9. The standard InChI is InChI=1S/C18H25N5O/c1-4-15(9-8-13(2)23-24)18(20)10-11-21-14(3)22-17-7-5-6-16(19)12-17/h4-10,12,21-24H,2-3,11,19-20H2,1H3/b9-8-,15-4+,18-10-. The van der Waals surface area contributed by atoms with Crippen LogP contribution in [-0.2, 0) is 0 Å². The molecule has 24 heavy (non-hydrogen) atoms. The summed E-state index contributed by atoms with van der Waals surface area (Å²) >= 11 is 0. The minimum absolute atomic E-state index is 0.375. The molecule has 0 aliphatic rings. The molecule has 0 atom stereocenters. The van der Waals surface area contributed by atoms with E-state index in [2.05, 4.69) is 23.8 Å². The molecule has 0 amide bonds. The molecule has 0 bridgehead atoms. The van der Waals surface area contributed by atoms with E-state index in [0.717, 1.165) is 11.3 Å². The molecule has 0 heterocycles. The number of benzene rings is 1. The predicted octanol–water partition coefficient (Wildman–Crippen LogP) is 2.58. The second-order valence-electron chi connectivity index (χ2n) is 4.98. The third-order valence-electron chi connectivity index (χ3n) is 3.07. The van der Waals surface area contributed by atoms with Crippen LogP contribution in [0, 0.1) is 0 Å². The molecule has 0 fully saturated rings. The maximum atomic E-state index is 8.70. The molecule has 0 spiro atoms. The Bertz CT molecular complexity index is 674. The summed E-state index contributed by atoms with van der Waals surface area (Å²) in [6, 6.07) is 7.40. The van der Waals surface area contributed by atoms with Crippen molar-refractivity contribution in [3.63, 3.8) is 0 Å². The number of nitrogen functional groups attached to an aromatic ring is 1. The van der Waals surface area contributed by atoms with Gasteiger partial charge in [-0.25, -0.2) is 0 Å². The Morgan fingerprint density at radius 2 is 2.04 bits per heavy atom. The Morgan fingerprint density at radius 3 is 2.67 bits per heavy atom. The Morgan fingerprint density at radius 1 is 1.29 bits per heavy atom. The number of nitrogens with one attached hydrogen (secondary N) is 3. The van der Waals surface area contributed by atoms with Crippen LogP contribution in [-0.4, -0.2) is 11.8 Å². The minimum atomic E-state index is 0.375. The lowest BCUT2D eigenvalue weighted by Gasteiger charge is -2.11. The summed E-state index contributed by atoms with van der Waals surface area (Å²) < 4.78 is 0. The Hall–Kier alpha value is -3.12. The number of nitrogens with two attached hydrogens (primary N) is 2. The van der Waals surface area contributed by atoms with Crippen molar-refractivity contribution in [1.82, 2.24) is 10.8 Å². The first-order chi connectivity index (χ1) is 11.5. The lowest BCUT2D eigenvalue weighted by molar-refractivity contribution is 0.205. The summed E-state index contributed by atoms with van der Waals surface area (Å²) in [6.07, 6.45) is 7.09. The SMILES string of the molecule is C=C(\C=C/C(=C\C)C(/N)=C/CNC(=C)Nc1cccc(N)c1)NO. The van der Waals surface area contributed by atoms with Crippen LogP contribution in [0.25, 0.3) is 0 Å². The van der Waals surface area contributed by atoms with Crippen LogP contribution in [0.15, 0.2) is 84.5 Å². The number of hydrogen-bond donors (Lipinski definition) is 6. The molecule has 0 saturated heterocycles. The van der Waals surface area contributed by atoms with Crippen molar-refractivity contribution in [3.05, 3.63) is 84.5 Å². The quantitative estimate of drug-likeness (QED) is 0.236. The Kier molecular flexibility index (Phi) is 7.73. The molecule has 0 aromatic heterocycles. The van der Waals surface area contributed by atoms with Crippen molar-refractivity contribution in [3.8, 4) is 0 Å². The highest BCUT2D eigenvalue weighted by Gasteiger charge is 1.98. The molecule has 0 radical (unpaired) electrons. The van der Waals surface area contributed by atoms with Crippen molar-refractivity contribution < 1.29 is 5.21 Å².